The molecule has 0 saturated carbocycles. The monoisotopic (exact) mass is 301 g/mol. The number of hydrogen-bond acceptors (Lipinski definition) is 6. The maximum atomic E-state index is 11.1. The molecule has 0 aromatic heterocycles. The molecule has 0 saturated heterocycles. The van der Waals surface area contributed by atoms with Crippen molar-refractivity contribution in [2.75, 3.05) is 14.2 Å². The Hall–Kier alpha value is -1.96. The van der Waals surface area contributed by atoms with E-state index in [1.54, 1.807) is 6.92 Å². The maximum Gasteiger partial charge on any atom is 0.304 e. The van der Waals surface area contributed by atoms with Crippen LogP contribution in [0.25, 0.3) is 0 Å². The number of nitro benzene ring substituents is 1. The number of carboxylic acid groups (broad SMARTS) is 1. The van der Waals surface area contributed by atoms with Gasteiger partial charge in [-0.15, -0.1) is 11.8 Å². The number of carbonyl (C=O) groups is 1. The number of aliphatic carboxylic acids is 1. The first-order valence-corrected chi connectivity index (χ1v) is 6.55. The number of nitrogens with zero attached hydrogens (tertiary/aromatic N) is 1. The first-order chi connectivity index (χ1) is 9.38. The van der Waals surface area contributed by atoms with Crippen molar-refractivity contribution in [3.8, 4) is 11.5 Å². The lowest BCUT2D eigenvalue weighted by molar-refractivity contribution is -0.387. The molecule has 0 fully saturated rings. The molecule has 0 heterocycles. The number of rotatable bonds is 7. The predicted octanol–water partition coefficient (Wildman–Crippen LogP) is 2.57. The molecule has 1 atom stereocenters. The minimum atomic E-state index is -0.951. The van der Waals surface area contributed by atoms with Gasteiger partial charge in [0.05, 0.1) is 36.5 Å². The van der Waals surface area contributed by atoms with E-state index in [1.165, 1.54) is 26.4 Å². The lowest BCUT2D eigenvalue weighted by Crippen LogP contribution is -2.06. The van der Waals surface area contributed by atoms with Crippen LogP contribution in [0.5, 0.6) is 11.5 Å². The van der Waals surface area contributed by atoms with Crippen LogP contribution in [0.4, 0.5) is 5.69 Å². The van der Waals surface area contributed by atoms with Gasteiger partial charge in [0.2, 0.25) is 0 Å². The summed E-state index contributed by atoms with van der Waals surface area (Å²) in [7, 11) is 2.82. The quantitative estimate of drug-likeness (QED) is 0.469. The summed E-state index contributed by atoms with van der Waals surface area (Å²) in [6.45, 7) is 1.69. The smallest absolute Gasteiger partial charge is 0.304 e. The Balaban J connectivity index is 3.15. The Morgan fingerprint density at radius 3 is 2.40 bits per heavy atom. The molecule has 0 bridgehead atoms. The van der Waals surface area contributed by atoms with Gasteiger partial charge in [0.25, 0.3) is 5.69 Å². The minimum Gasteiger partial charge on any atom is -0.493 e. The van der Waals surface area contributed by atoms with Gasteiger partial charge < -0.3 is 14.6 Å². The number of benzene rings is 1. The third kappa shape index (κ3) is 4.02. The van der Waals surface area contributed by atoms with E-state index in [0.29, 0.717) is 10.6 Å². The van der Waals surface area contributed by atoms with Gasteiger partial charge >= 0.3 is 5.97 Å². The van der Waals surface area contributed by atoms with Crippen LogP contribution in [-0.4, -0.2) is 35.5 Å². The SMILES string of the molecule is COc1cc(SC(C)CC(=O)O)c([N+](=O)[O-])cc1OC. The zero-order chi connectivity index (χ0) is 15.3. The van der Waals surface area contributed by atoms with E-state index in [1.807, 2.05) is 0 Å². The molecule has 0 amide bonds. The first kappa shape index (κ1) is 16.1. The van der Waals surface area contributed by atoms with Crippen molar-refractivity contribution >= 4 is 23.4 Å². The molecule has 20 heavy (non-hydrogen) atoms. The normalized spacial score (nSPS) is 11.8. The molecule has 7 nitrogen and oxygen atoms in total. The number of methoxy groups -OCH3 is 2. The Morgan fingerprint density at radius 2 is 1.95 bits per heavy atom. The number of ether oxygens (including phenoxy) is 2. The lowest BCUT2D eigenvalue weighted by Gasteiger charge is -2.12. The summed E-state index contributed by atoms with van der Waals surface area (Å²) < 4.78 is 10.1. The van der Waals surface area contributed by atoms with E-state index in [-0.39, 0.29) is 23.1 Å². The van der Waals surface area contributed by atoms with E-state index >= 15 is 0 Å². The highest BCUT2D eigenvalue weighted by molar-refractivity contribution is 8.00. The van der Waals surface area contributed by atoms with E-state index in [4.69, 9.17) is 14.6 Å². The first-order valence-electron chi connectivity index (χ1n) is 5.67. The van der Waals surface area contributed by atoms with E-state index in [9.17, 15) is 14.9 Å². The van der Waals surface area contributed by atoms with Gasteiger partial charge in [0.15, 0.2) is 11.5 Å². The second kappa shape index (κ2) is 6.99. The Labute approximate surface area is 120 Å². The third-order valence-electron chi connectivity index (χ3n) is 2.45. The summed E-state index contributed by atoms with van der Waals surface area (Å²) in [6.07, 6.45) is -0.0871. The molecule has 1 aromatic carbocycles. The van der Waals surface area contributed by atoms with Crippen LogP contribution < -0.4 is 9.47 Å². The van der Waals surface area contributed by atoms with Gasteiger partial charge in [-0.2, -0.15) is 0 Å². The van der Waals surface area contributed by atoms with Crippen LogP contribution in [-0.2, 0) is 4.79 Å². The second-order valence-electron chi connectivity index (χ2n) is 3.96. The number of thioether (sulfide) groups is 1. The summed E-state index contributed by atoms with van der Waals surface area (Å²) in [6, 6.07) is 2.76. The molecule has 0 aliphatic carbocycles. The fourth-order valence-corrected chi connectivity index (χ4v) is 2.68. The standard InChI is InChI=1S/C12H15NO6S/c1-7(4-12(14)15)20-11-6-10(19-3)9(18-2)5-8(11)13(16)17/h5-7H,4H2,1-3H3,(H,14,15). The lowest BCUT2D eigenvalue weighted by atomic mass is 10.3. The van der Waals surface area contributed by atoms with Crippen molar-refractivity contribution in [2.45, 2.75) is 23.5 Å². The van der Waals surface area contributed by atoms with Gasteiger partial charge in [0.1, 0.15) is 0 Å². The van der Waals surface area contributed by atoms with Crippen molar-refractivity contribution in [3.05, 3.63) is 22.2 Å². The summed E-state index contributed by atoms with van der Waals surface area (Å²) in [5, 5.41) is 19.5. The van der Waals surface area contributed by atoms with Crippen LogP contribution in [0.1, 0.15) is 13.3 Å². The van der Waals surface area contributed by atoms with Crippen molar-refractivity contribution in [2.24, 2.45) is 0 Å². The highest BCUT2D eigenvalue weighted by Crippen LogP contribution is 2.41. The molecule has 1 aromatic rings. The van der Waals surface area contributed by atoms with Crippen LogP contribution in [0, 0.1) is 10.1 Å². The predicted molar refractivity (Wildman–Crippen MR) is 73.8 cm³/mol. The molecule has 110 valence electrons. The minimum absolute atomic E-state index is 0.0871. The fourth-order valence-electron chi connectivity index (χ4n) is 1.59. The zero-order valence-electron chi connectivity index (χ0n) is 11.3. The molecule has 0 radical (unpaired) electrons. The highest BCUT2D eigenvalue weighted by atomic mass is 32.2. The number of nitro groups is 1. The number of hydrogen-bond donors (Lipinski definition) is 1. The maximum absolute atomic E-state index is 11.1. The Kier molecular flexibility index (Phi) is 5.63. The summed E-state index contributed by atoms with van der Waals surface area (Å²) in [5.41, 5.74) is -0.134. The summed E-state index contributed by atoms with van der Waals surface area (Å²) in [4.78, 5) is 21.5. The van der Waals surface area contributed by atoms with Gasteiger partial charge in [0, 0.05) is 11.3 Å². The second-order valence-corrected chi connectivity index (χ2v) is 5.44. The molecule has 1 N–H and O–H groups in total. The third-order valence-corrected chi connectivity index (χ3v) is 3.60. The van der Waals surface area contributed by atoms with Crippen molar-refractivity contribution in [3.63, 3.8) is 0 Å². The summed E-state index contributed by atoms with van der Waals surface area (Å²) >= 11 is 1.12. The molecular weight excluding hydrogens is 286 g/mol. The fraction of sp³-hybridized carbons (Fsp3) is 0.417. The van der Waals surface area contributed by atoms with Crippen molar-refractivity contribution in [1.29, 1.82) is 0 Å². The zero-order valence-corrected chi connectivity index (χ0v) is 12.1. The van der Waals surface area contributed by atoms with E-state index < -0.39 is 10.9 Å². The largest absolute Gasteiger partial charge is 0.493 e. The number of carboxylic acids is 1. The van der Waals surface area contributed by atoms with E-state index in [0.717, 1.165) is 11.8 Å². The molecule has 0 spiro atoms. The molecular formula is C12H15NO6S. The Morgan fingerprint density at radius 1 is 1.40 bits per heavy atom. The van der Waals surface area contributed by atoms with E-state index in [2.05, 4.69) is 0 Å². The van der Waals surface area contributed by atoms with Gasteiger partial charge in [-0.05, 0) is 0 Å². The van der Waals surface area contributed by atoms with Crippen molar-refractivity contribution in [1.82, 2.24) is 0 Å². The van der Waals surface area contributed by atoms with Gasteiger partial charge in [-0.3, -0.25) is 14.9 Å². The topological polar surface area (TPSA) is 98.9 Å². The van der Waals surface area contributed by atoms with Crippen LogP contribution in [0.3, 0.4) is 0 Å². The van der Waals surface area contributed by atoms with Crippen LogP contribution >= 0.6 is 11.8 Å². The molecule has 8 heteroatoms. The molecule has 1 rings (SSSR count). The van der Waals surface area contributed by atoms with Crippen LogP contribution in [0.2, 0.25) is 0 Å². The van der Waals surface area contributed by atoms with Crippen molar-refractivity contribution < 1.29 is 24.3 Å². The van der Waals surface area contributed by atoms with Gasteiger partial charge in [-0.1, -0.05) is 6.92 Å². The molecule has 1 unspecified atom stereocenters. The highest BCUT2D eigenvalue weighted by Gasteiger charge is 2.22. The summed E-state index contributed by atoms with van der Waals surface area (Å²) in [5.74, 6) is -0.328. The Bertz CT molecular complexity index is 519. The van der Waals surface area contributed by atoms with Crippen LogP contribution in [0.15, 0.2) is 17.0 Å². The molecule has 0 aliphatic rings. The van der Waals surface area contributed by atoms with Gasteiger partial charge in [-0.25, -0.2) is 0 Å². The average molecular weight is 301 g/mol. The molecule has 0 aliphatic heterocycles. The average Bonchev–Trinajstić information content (AvgIpc) is 2.36.